The molecule has 136 valence electrons. The van der Waals surface area contributed by atoms with Crippen LogP contribution in [0.2, 0.25) is 0 Å². The number of unbranched alkanes of at least 4 members (excludes halogenated alkanes) is 2. The van der Waals surface area contributed by atoms with Gasteiger partial charge in [-0.3, -0.25) is 0 Å². The maximum Gasteiger partial charge on any atom is 0.212 e. The molecule has 4 nitrogen and oxygen atoms in total. The predicted octanol–water partition coefficient (Wildman–Crippen LogP) is 4.18. The molecule has 1 fully saturated rings. The summed E-state index contributed by atoms with van der Waals surface area (Å²) >= 11 is 0. The van der Waals surface area contributed by atoms with Gasteiger partial charge in [-0.1, -0.05) is 32.3 Å². The highest BCUT2D eigenvalue weighted by molar-refractivity contribution is 7.89. The van der Waals surface area contributed by atoms with Crippen LogP contribution < -0.4 is 9.46 Å². The van der Waals surface area contributed by atoms with Gasteiger partial charge >= 0.3 is 0 Å². The van der Waals surface area contributed by atoms with Gasteiger partial charge in [0.25, 0.3) is 0 Å². The van der Waals surface area contributed by atoms with Gasteiger partial charge in [0, 0.05) is 6.04 Å². The monoisotopic (exact) mass is 357 g/mol. The van der Waals surface area contributed by atoms with E-state index in [4.69, 9.17) is 4.74 Å². The number of rotatable bonds is 10. The molecule has 1 aromatic carbocycles. The average Bonchev–Trinajstić information content (AvgIpc) is 2.47. The van der Waals surface area contributed by atoms with Crippen molar-refractivity contribution < 1.29 is 17.5 Å². The van der Waals surface area contributed by atoms with E-state index in [9.17, 15) is 12.8 Å². The van der Waals surface area contributed by atoms with Crippen molar-refractivity contribution in [3.8, 4) is 5.75 Å². The van der Waals surface area contributed by atoms with Crippen molar-refractivity contribution in [2.24, 2.45) is 5.92 Å². The van der Waals surface area contributed by atoms with Crippen LogP contribution in [0.4, 0.5) is 4.39 Å². The van der Waals surface area contributed by atoms with Crippen LogP contribution in [0.25, 0.3) is 0 Å². The molecule has 0 aliphatic heterocycles. The lowest BCUT2D eigenvalue weighted by atomic mass is 9.86. The maximum atomic E-state index is 13.9. The topological polar surface area (TPSA) is 55.4 Å². The molecule has 1 aliphatic carbocycles. The highest BCUT2D eigenvalue weighted by Crippen LogP contribution is 2.29. The Morgan fingerprint density at radius 2 is 2.08 bits per heavy atom. The molecule has 0 heterocycles. The molecule has 6 heteroatoms. The Kier molecular flexibility index (Phi) is 7.04. The van der Waals surface area contributed by atoms with Crippen LogP contribution in [0.1, 0.15) is 64.0 Å². The lowest BCUT2D eigenvalue weighted by Crippen LogP contribution is -2.29. The summed E-state index contributed by atoms with van der Waals surface area (Å²) in [5, 5.41) is 0. The largest absolute Gasteiger partial charge is 0.490 e. The molecule has 0 saturated heterocycles. The fourth-order valence-corrected chi connectivity index (χ4v) is 4.08. The zero-order valence-electron chi connectivity index (χ0n) is 14.6. The predicted molar refractivity (Wildman–Crippen MR) is 94.1 cm³/mol. The quantitative estimate of drug-likeness (QED) is 0.639. The molecule has 24 heavy (non-hydrogen) atoms. The van der Waals surface area contributed by atoms with Gasteiger partial charge in [-0.05, 0) is 49.8 Å². The molecule has 0 spiro atoms. The molecule has 0 aromatic heterocycles. The number of hydrogen-bond donors (Lipinski definition) is 1. The minimum absolute atomic E-state index is 0.122. The molecular weight excluding hydrogens is 329 g/mol. The van der Waals surface area contributed by atoms with E-state index in [0.717, 1.165) is 25.7 Å². The number of nitrogens with one attached hydrogen (secondary N) is 1. The molecule has 1 saturated carbocycles. The smallest absolute Gasteiger partial charge is 0.212 e. The number of sulfonamides is 1. The van der Waals surface area contributed by atoms with Crippen LogP contribution in [0, 0.1) is 11.7 Å². The normalized spacial score (nSPS) is 16.6. The number of hydrogen-bond acceptors (Lipinski definition) is 3. The van der Waals surface area contributed by atoms with E-state index in [0.29, 0.717) is 24.5 Å². The van der Waals surface area contributed by atoms with Crippen molar-refractivity contribution >= 4 is 10.0 Å². The number of halogens is 1. The van der Waals surface area contributed by atoms with E-state index in [1.54, 1.807) is 19.1 Å². The molecule has 1 aliphatic rings. The Bertz CT molecular complexity index is 629. The van der Waals surface area contributed by atoms with E-state index < -0.39 is 21.9 Å². The minimum atomic E-state index is -3.33. The van der Waals surface area contributed by atoms with Gasteiger partial charge in [0.05, 0.1) is 12.4 Å². The zero-order chi connectivity index (χ0) is 17.6. The summed E-state index contributed by atoms with van der Waals surface area (Å²) in [4.78, 5) is 0. The Labute approximate surface area is 144 Å². The summed E-state index contributed by atoms with van der Waals surface area (Å²) in [6, 6.07) is 4.13. The van der Waals surface area contributed by atoms with Crippen LogP contribution in [-0.2, 0) is 10.0 Å². The number of benzene rings is 1. The minimum Gasteiger partial charge on any atom is -0.490 e. The first kappa shape index (κ1) is 19.2. The summed E-state index contributed by atoms with van der Waals surface area (Å²) in [6.07, 6.45) is 6.01. The number of ether oxygens (including phenoxy) is 1. The SMILES string of the molecule is CCCCCS(=O)(=O)N[C@H](C)c1ccc(F)c(OCC2CCC2)c1. The zero-order valence-corrected chi connectivity index (χ0v) is 15.4. The third-order valence-electron chi connectivity index (χ3n) is 4.53. The standard InChI is InChI=1S/C18H28FNO3S/c1-3-4-5-11-24(21,22)20-14(2)16-9-10-17(19)18(12-16)23-13-15-7-6-8-15/h9-10,12,14-15,20H,3-8,11,13H2,1-2H3/t14-/m1/s1. The summed E-state index contributed by atoms with van der Waals surface area (Å²) in [7, 11) is -3.33. The Balaban J connectivity index is 1.96. The Hall–Kier alpha value is -1.14. The van der Waals surface area contributed by atoms with Crippen molar-refractivity contribution in [2.45, 2.75) is 58.4 Å². The van der Waals surface area contributed by atoms with Crippen molar-refractivity contribution in [3.05, 3.63) is 29.6 Å². The van der Waals surface area contributed by atoms with Crippen LogP contribution in [0.5, 0.6) is 5.75 Å². The maximum absolute atomic E-state index is 13.9. The lowest BCUT2D eigenvalue weighted by Gasteiger charge is -2.25. The van der Waals surface area contributed by atoms with Gasteiger partial charge in [0.2, 0.25) is 10.0 Å². The molecule has 0 unspecified atom stereocenters. The van der Waals surface area contributed by atoms with Gasteiger partial charge in [0.1, 0.15) is 0 Å². The van der Waals surface area contributed by atoms with Crippen LogP contribution in [0.15, 0.2) is 18.2 Å². The van der Waals surface area contributed by atoms with Crippen LogP contribution >= 0.6 is 0 Å². The summed E-state index contributed by atoms with van der Waals surface area (Å²) in [5.74, 6) is 0.437. The summed E-state index contributed by atoms with van der Waals surface area (Å²) < 4.78 is 46.3. The van der Waals surface area contributed by atoms with Crippen molar-refractivity contribution in [1.29, 1.82) is 0 Å². The molecule has 1 atom stereocenters. The fourth-order valence-electron chi connectivity index (χ4n) is 2.71. The van der Waals surface area contributed by atoms with Crippen molar-refractivity contribution in [2.75, 3.05) is 12.4 Å². The first-order valence-corrected chi connectivity index (χ1v) is 10.5. The third-order valence-corrected chi connectivity index (χ3v) is 6.07. The van der Waals surface area contributed by atoms with E-state index >= 15 is 0 Å². The molecule has 1 N–H and O–H groups in total. The van der Waals surface area contributed by atoms with E-state index in [2.05, 4.69) is 4.72 Å². The summed E-state index contributed by atoms with van der Waals surface area (Å²) in [6.45, 7) is 4.32. The molecular formula is C18H28FNO3S. The second kappa shape index (κ2) is 8.81. The van der Waals surface area contributed by atoms with E-state index in [-0.39, 0.29) is 11.5 Å². The first-order valence-electron chi connectivity index (χ1n) is 8.83. The molecule has 0 amide bonds. The molecule has 0 radical (unpaired) electrons. The fraction of sp³-hybridized carbons (Fsp3) is 0.667. The first-order chi connectivity index (χ1) is 11.4. The van der Waals surface area contributed by atoms with Crippen LogP contribution in [-0.4, -0.2) is 20.8 Å². The lowest BCUT2D eigenvalue weighted by molar-refractivity contribution is 0.175. The van der Waals surface area contributed by atoms with Gasteiger partial charge in [0.15, 0.2) is 11.6 Å². The highest BCUT2D eigenvalue weighted by Gasteiger charge is 2.20. The van der Waals surface area contributed by atoms with Gasteiger partial charge in [-0.15, -0.1) is 0 Å². The van der Waals surface area contributed by atoms with Gasteiger partial charge in [-0.2, -0.15) is 0 Å². The van der Waals surface area contributed by atoms with Crippen molar-refractivity contribution in [1.82, 2.24) is 4.72 Å². The van der Waals surface area contributed by atoms with E-state index in [1.165, 1.54) is 12.5 Å². The van der Waals surface area contributed by atoms with Crippen molar-refractivity contribution in [3.63, 3.8) is 0 Å². The van der Waals surface area contributed by atoms with Crippen LogP contribution in [0.3, 0.4) is 0 Å². The second-order valence-electron chi connectivity index (χ2n) is 6.66. The molecule has 1 aromatic rings. The average molecular weight is 357 g/mol. The Morgan fingerprint density at radius 1 is 1.33 bits per heavy atom. The molecule has 2 rings (SSSR count). The second-order valence-corrected chi connectivity index (χ2v) is 8.54. The Morgan fingerprint density at radius 3 is 2.71 bits per heavy atom. The summed E-state index contributed by atoms with van der Waals surface area (Å²) in [5.41, 5.74) is 0.707. The third kappa shape index (κ3) is 5.74. The van der Waals surface area contributed by atoms with Gasteiger partial charge < -0.3 is 4.74 Å². The molecule has 0 bridgehead atoms. The van der Waals surface area contributed by atoms with Gasteiger partial charge in [-0.25, -0.2) is 17.5 Å². The van der Waals surface area contributed by atoms with E-state index in [1.807, 2.05) is 6.92 Å². The highest BCUT2D eigenvalue weighted by atomic mass is 32.2.